The number of carbonyl (C=O) groups excluding carboxylic acids is 1. The molecule has 2 aromatic carbocycles. The molecular weight excluding hydrogens is 412 g/mol. The Morgan fingerprint density at radius 3 is 2.50 bits per heavy atom. The molecule has 0 saturated heterocycles. The largest absolute Gasteiger partial charge is 0.435 e. The molecule has 0 unspecified atom stereocenters. The van der Waals surface area contributed by atoms with Crippen molar-refractivity contribution in [1.29, 1.82) is 0 Å². The number of hydrogen-bond donors (Lipinski definition) is 0. The molecule has 1 aromatic heterocycles. The maximum absolute atomic E-state index is 14.4. The SMILES string of the molecule is Cc1nn(-c2ccccc2)c(Oc2ccc(F)cc2F)c1CN(C(=O)C1CCC1)C1CC1. The van der Waals surface area contributed by atoms with Gasteiger partial charge < -0.3 is 9.64 Å². The van der Waals surface area contributed by atoms with Crippen LogP contribution in [0.1, 0.15) is 43.4 Å². The third-order valence-corrected chi connectivity index (χ3v) is 6.29. The first-order valence-electron chi connectivity index (χ1n) is 11.1. The molecule has 0 spiro atoms. The van der Waals surface area contributed by atoms with Gasteiger partial charge in [-0.3, -0.25) is 4.79 Å². The number of carbonyl (C=O) groups is 1. The number of nitrogens with zero attached hydrogens (tertiary/aromatic N) is 3. The highest BCUT2D eigenvalue weighted by atomic mass is 19.1. The molecule has 1 amide bonds. The maximum Gasteiger partial charge on any atom is 0.228 e. The van der Waals surface area contributed by atoms with Crippen LogP contribution >= 0.6 is 0 Å². The summed E-state index contributed by atoms with van der Waals surface area (Å²) in [5.74, 6) is -0.935. The highest BCUT2D eigenvalue weighted by Gasteiger charge is 2.39. The van der Waals surface area contributed by atoms with Gasteiger partial charge in [-0.15, -0.1) is 0 Å². The standard InChI is InChI=1S/C25H25F2N3O2/c1-16-21(15-29(19-11-12-19)24(31)17-6-5-7-17)25(30(28-16)20-8-3-2-4-9-20)32-23-13-10-18(26)14-22(23)27/h2-4,8-10,13-14,17,19H,5-7,11-12,15H2,1H3. The Labute approximate surface area is 185 Å². The lowest BCUT2D eigenvalue weighted by Gasteiger charge is -2.32. The number of hydrogen-bond acceptors (Lipinski definition) is 3. The highest BCUT2D eigenvalue weighted by molar-refractivity contribution is 5.80. The number of para-hydroxylation sites is 1. The zero-order valence-electron chi connectivity index (χ0n) is 17.9. The second-order valence-electron chi connectivity index (χ2n) is 8.62. The average molecular weight is 437 g/mol. The van der Waals surface area contributed by atoms with Gasteiger partial charge >= 0.3 is 0 Å². The van der Waals surface area contributed by atoms with Crippen LogP contribution in [0.4, 0.5) is 8.78 Å². The van der Waals surface area contributed by atoms with E-state index in [1.54, 1.807) is 4.68 Å². The molecule has 5 rings (SSSR count). The van der Waals surface area contributed by atoms with Crippen LogP contribution in [0.25, 0.3) is 5.69 Å². The number of aromatic nitrogens is 2. The smallest absolute Gasteiger partial charge is 0.228 e. The van der Waals surface area contributed by atoms with Crippen molar-refractivity contribution in [1.82, 2.24) is 14.7 Å². The highest BCUT2D eigenvalue weighted by Crippen LogP contribution is 2.38. The fourth-order valence-corrected chi connectivity index (χ4v) is 4.06. The second kappa shape index (κ2) is 8.37. The van der Waals surface area contributed by atoms with Crippen LogP contribution in [0.3, 0.4) is 0 Å². The summed E-state index contributed by atoms with van der Waals surface area (Å²) in [6.07, 6.45) is 4.96. The van der Waals surface area contributed by atoms with E-state index in [1.165, 1.54) is 6.07 Å². The summed E-state index contributed by atoms with van der Waals surface area (Å²) < 4.78 is 35.5. The van der Waals surface area contributed by atoms with Gasteiger partial charge in [0.1, 0.15) is 5.82 Å². The van der Waals surface area contributed by atoms with Crippen molar-refractivity contribution < 1.29 is 18.3 Å². The summed E-state index contributed by atoms with van der Waals surface area (Å²) >= 11 is 0. The van der Waals surface area contributed by atoms with E-state index >= 15 is 0 Å². The van der Waals surface area contributed by atoms with Gasteiger partial charge in [-0.05, 0) is 56.9 Å². The zero-order chi connectivity index (χ0) is 22.2. The number of amides is 1. The zero-order valence-corrected chi connectivity index (χ0v) is 17.9. The summed E-state index contributed by atoms with van der Waals surface area (Å²) in [4.78, 5) is 15.1. The molecule has 0 radical (unpaired) electrons. The van der Waals surface area contributed by atoms with Crippen LogP contribution in [0, 0.1) is 24.5 Å². The van der Waals surface area contributed by atoms with Crippen molar-refractivity contribution in [3.8, 4) is 17.3 Å². The molecule has 0 bridgehead atoms. The topological polar surface area (TPSA) is 47.4 Å². The van der Waals surface area contributed by atoms with Gasteiger partial charge in [0.05, 0.1) is 23.5 Å². The monoisotopic (exact) mass is 437 g/mol. The van der Waals surface area contributed by atoms with Crippen molar-refractivity contribution in [2.24, 2.45) is 5.92 Å². The van der Waals surface area contributed by atoms with E-state index in [9.17, 15) is 13.6 Å². The van der Waals surface area contributed by atoms with Gasteiger partial charge in [0.2, 0.25) is 11.8 Å². The average Bonchev–Trinajstić information content (AvgIpc) is 3.53. The Balaban J connectivity index is 1.55. The van der Waals surface area contributed by atoms with Crippen molar-refractivity contribution in [2.45, 2.75) is 51.6 Å². The number of ether oxygens (including phenoxy) is 1. The van der Waals surface area contributed by atoms with E-state index in [4.69, 9.17) is 4.74 Å². The van der Waals surface area contributed by atoms with Crippen LogP contribution in [-0.2, 0) is 11.3 Å². The third kappa shape index (κ3) is 3.99. The molecule has 2 aliphatic carbocycles. The first-order chi connectivity index (χ1) is 15.5. The summed E-state index contributed by atoms with van der Waals surface area (Å²) in [7, 11) is 0. The molecule has 3 aromatic rings. The molecule has 2 saturated carbocycles. The molecule has 1 heterocycles. The molecule has 2 aliphatic rings. The van der Waals surface area contributed by atoms with Crippen LogP contribution in [0.2, 0.25) is 0 Å². The maximum atomic E-state index is 14.4. The lowest BCUT2D eigenvalue weighted by molar-refractivity contribution is -0.139. The summed E-state index contributed by atoms with van der Waals surface area (Å²) in [6.45, 7) is 2.22. The van der Waals surface area contributed by atoms with E-state index in [1.807, 2.05) is 42.2 Å². The lowest BCUT2D eigenvalue weighted by Crippen LogP contribution is -2.40. The minimum Gasteiger partial charge on any atom is -0.435 e. The molecule has 0 atom stereocenters. The Bertz CT molecular complexity index is 1140. The summed E-state index contributed by atoms with van der Waals surface area (Å²) in [5, 5.41) is 4.65. The molecule has 32 heavy (non-hydrogen) atoms. The van der Waals surface area contributed by atoms with Gasteiger partial charge in [0.25, 0.3) is 0 Å². The van der Waals surface area contributed by atoms with Crippen LogP contribution in [-0.4, -0.2) is 26.6 Å². The van der Waals surface area contributed by atoms with E-state index in [0.29, 0.717) is 18.1 Å². The number of rotatable bonds is 7. The fraction of sp³-hybridized carbons (Fsp3) is 0.360. The summed E-state index contributed by atoms with van der Waals surface area (Å²) in [6, 6.07) is 12.9. The predicted molar refractivity (Wildman–Crippen MR) is 116 cm³/mol. The van der Waals surface area contributed by atoms with Crippen LogP contribution in [0.5, 0.6) is 11.6 Å². The summed E-state index contributed by atoms with van der Waals surface area (Å²) in [5.41, 5.74) is 2.19. The van der Waals surface area contributed by atoms with Crippen LogP contribution < -0.4 is 4.74 Å². The molecule has 0 N–H and O–H groups in total. The van der Waals surface area contributed by atoms with E-state index in [2.05, 4.69) is 5.10 Å². The van der Waals surface area contributed by atoms with E-state index < -0.39 is 11.6 Å². The molecular formula is C25H25F2N3O2. The number of benzene rings is 2. The first kappa shape index (κ1) is 20.7. The van der Waals surface area contributed by atoms with Gasteiger partial charge in [-0.2, -0.15) is 5.10 Å². The van der Waals surface area contributed by atoms with Crippen molar-refractivity contribution >= 4 is 5.91 Å². The van der Waals surface area contributed by atoms with Crippen molar-refractivity contribution in [3.05, 3.63) is 71.4 Å². The van der Waals surface area contributed by atoms with E-state index in [0.717, 1.165) is 55.5 Å². The van der Waals surface area contributed by atoms with Crippen molar-refractivity contribution in [3.63, 3.8) is 0 Å². The minimum absolute atomic E-state index is 0.0898. The van der Waals surface area contributed by atoms with Gasteiger partial charge in [-0.25, -0.2) is 13.5 Å². The molecule has 0 aliphatic heterocycles. The first-order valence-corrected chi connectivity index (χ1v) is 11.1. The van der Waals surface area contributed by atoms with Gasteiger partial charge in [0, 0.05) is 18.0 Å². The Morgan fingerprint density at radius 1 is 1.12 bits per heavy atom. The normalized spacial score (nSPS) is 16.0. The Morgan fingerprint density at radius 2 is 1.88 bits per heavy atom. The van der Waals surface area contributed by atoms with Gasteiger partial charge in [0.15, 0.2) is 11.6 Å². The number of halogens is 2. The van der Waals surface area contributed by atoms with E-state index in [-0.39, 0.29) is 23.6 Å². The quantitative estimate of drug-likeness (QED) is 0.487. The molecule has 2 fully saturated rings. The second-order valence-corrected chi connectivity index (χ2v) is 8.62. The minimum atomic E-state index is -0.793. The molecule has 166 valence electrons. The predicted octanol–water partition coefficient (Wildman–Crippen LogP) is 5.54. The molecule has 5 nitrogen and oxygen atoms in total. The Kier molecular flexibility index (Phi) is 5.41. The Hall–Kier alpha value is -3.22. The number of aryl methyl sites for hydroxylation is 1. The fourth-order valence-electron chi connectivity index (χ4n) is 4.06. The van der Waals surface area contributed by atoms with Crippen LogP contribution in [0.15, 0.2) is 48.5 Å². The van der Waals surface area contributed by atoms with Crippen molar-refractivity contribution in [2.75, 3.05) is 0 Å². The van der Waals surface area contributed by atoms with Gasteiger partial charge in [-0.1, -0.05) is 24.6 Å². The lowest BCUT2D eigenvalue weighted by atomic mass is 9.84. The third-order valence-electron chi connectivity index (χ3n) is 6.29. The molecule has 7 heteroatoms.